The Morgan fingerprint density at radius 2 is 1.76 bits per heavy atom. The van der Waals surface area contributed by atoms with Crippen LogP contribution < -0.4 is 0 Å². The number of carbonyl (C=O) groups is 3. The molecule has 1 fully saturated rings. The van der Waals surface area contributed by atoms with Crippen molar-refractivity contribution in [2.75, 3.05) is 39.3 Å². The molecule has 6 nitrogen and oxygen atoms in total. The lowest BCUT2D eigenvalue weighted by Crippen LogP contribution is -2.43. The van der Waals surface area contributed by atoms with Gasteiger partial charge in [0.15, 0.2) is 5.78 Å². The largest absolute Gasteiger partial charge is 0.465 e. The van der Waals surface area contributed by atoms with Crippen molar-refractivity contribution in [1.82, 2.24) is 9.80 Å². The fourth-order valence-corrected chi connectivity index (χ4v) is 2.27. The predicted octanol–water partition coefficient (Wildman–Crippen LogP) is 0.699. The van der Waals surface area contributed by atoms with Crippen molar-refractivity contribution in [3.8, 4) is 0 Å². The first kappa shape index (κ1) is 17.6. The average molecular weight is 298 g/mol. The van der Waals surface area contributed by atoms with Gasteiger partial charge in [0.25, 0.3) is 0 Å². The van der Waals surface area contributed by atoms with Gasteiger partial charge in [0.2, 0.25) is 5.91 Å². The molecule has 0 spiro atoms. The van der Waals surface area contributed by atoms with Crippen LogP contribution in [0.1, 0.15) is 34.1 Å². The molecule has 1 saturated heterocycles. The number of amides is 1. The molecule has 0 N–H and O–H groups in total. The van der Waals surface area contributed by atoms with Crippen LogP contribution in [-0.4, -0.2) is 66.8 Å². The number of ether oxygens (including phenoxy) is 1. The standard InChI is InChI=1S/C15H26N2O4/c1-5-21-14(20)15(3,4)13(19)11-16-7-6-8-17(10-9-16)12(2)18/h5-11H2,1-4H3. The summed E-state index contributed by atoms with van der Waals surface area (Å²) in [5.41, 5.74) is -1.12. The van der Waals surface area contributed by atoms with E-state index in [0.29, 0.717) is 13.1 Å². The maximum absolute atomic E-state index is 12.4. The smallest absolute Gasteiger partial charge is 0.319 e. The predicted molar refractivity (Wildman–Crippen MR) is 78.7 cm³/mol. The molecule has 120 valence electrons. The SMILES string of the molecule is CCOC(=O)C(C)(C)C(=O)CN1CCCN(C(C)=O)CC1. The van der Waals surface area contributed by atoms with E-state index in [2.05, 4.69) is 0 Å². The molecule has 21 heavy (non-hydrogen) atoms. The molecule has 1 aliphatic heterocycles. The molecule has 0 unspecified atom stereocenters. The maximum Gasteiger partial charge on any atom is 0.319 e. The summed E-state index contributed by atoms with van der Waals surface area (Å²) >= 11 is 0. The van der Waals surface area contributed by atoms with E-state index in [1.54, 1.807) is 32.6 Å². The van der Waals surface area contributed by atoms with Crippen LogP contribution in [0.3, 0.4) is 0 Å². The highest BCUT2D eigenvalue weighted by Crippen LogP contribution is 2.20. The molecule has 0 aromatic heterocycles. The number of esters is 1. The zero-order valence-corrected chi connectivity index (χ0v) is 13.5. The second kappa shape index (κ2) is 7.54. The first-order valence-electron chi connectivity index (χ1n) is 7.47. The van der Waals surface area contributed by atoms with Crippen LogP contribution in [0, 0.1) is 5.41 Å². The van der Waals surface area contributed by atoms with Gasteiger partial charge >= 0.3 is 5.97 Å². The molecule has 0 saturated carbocycles. The van der Waals surface area contributed by atoms with Crippen molar-refractivity contribution in [3.05, 3.63) is 0 Å². The molecule has 0 radical (unpaired) electrons. The van der Waals surface area contributed by atoms with E-state index in [0.717, 1.165) is 19.5 Å². The Bertz CT molecular complexity index is 406. The van der Waals surface area contributed by atoms with Crippen molar-refractivity contribution < 1.29 is 19.1 Å². The summed E-state index contributed by atoms with van der Waals surface area (Å²) in [5.74, 6) is -0.553. The molecular formula is C15H26N2O4. The molecule has 0 aliphatic carbocycles. The number of hydrogen-bond acceptors (Lipinski definition) is 5. The lowest BCUT2D eigenvalue weighted by atomic mass is 9.88. The van der Waals surface area contributed by atoms with Gasteiger partial charge < -0.3 is 9.64 Å². The lowest BCUT2D eigenvalue weighted by molar-refractivity contribution is -0.158. The summed E-state index contributed by atoms with van der Waals surface area (Å²) in [4.78, 5) is 39.4. The zero-order chi connectivity index (χ0) is 16.0. The Morgan fingerprint density at radius 1 is 1.10 bits per heavy atom. The summed E-state index contributed by atoms with van der Waals surface area (Å²) in [6.07, 6.45) is 0.840. The summed E-state index contributed by atoms with van der Waals surface area (Å²) in [7, 11) is 0. The van der Waals surface area contributed by atoms with Gasteiger partial charge in [-0.1, -0.05) is 0 Å². The molecule has 1 heterocycles. The number of Topliss-reactive ketones (excluding diaryl/α,β-unsaturated/α-hetero) is 1. The Labute approximate surface area is 126 Å². The molecule has 1 amide bonds. The second-order valence-corrected chi connectivity index (χ2v) is 5.90. The fourth-order valence-electron chi connectivity index (χ4n) is 2.27. The van der Waals surface area contributed by atoms with E-state index in [-0.39, 0.29) is 24.8 Å². The van der Waals surface area contributed by atoms with Gasteiger partial charge in [-0.05, 0) is 27.2 Å². The highest BCUT2D eigenvalue weighted by Gasteiger charge is 2.38. The minimum Gasteiger partial charge on any atom is -0.465 e. The van der Waals surface area contributed by atoms with Crippen LogP contribution in [0.5, 0.6) is 0 Å². The van der Waals surface area contributed by atoms with Gasteiger partial charge in [-0.15, -0.1) is 0 Å². The first-order valence-corrected chi connectivity index (χ1v) is 7.47. The molecule has 0 atom stereocenters. The minimum absolute atomic E-state index is 0.0648. The van der Waals surface area contributed by atoms with E-state index >= 15 is 0 Å². The van der Waals surface area contributed by atoms with Crippen LogP contribution in [0.4, 0.5) is 0 Å². The second-order valence-electron chi connectivity index (χ2n) is 5.90. The molecule has 0 aromatic rings. The summed E-state index contributed by atoms with van der Waals surface area (Å²) in [5, 5.41) is 0. The van der Waals surface area contributed by atoms with E-state index in [1.807, 2.05) is 4.90 Å². The van der Waals surface area contributed by atoms with Crippen molar-refractivity contribution in [2.45, 2.75) is 34.1 Å². The van der Waals surface area contributed by atoms with Crippen LogP contribution in [0.15, 0.2) is 0 Å². The molecule has 6 heteroatoms. The van der Waals surface area contributed by atoms with Crippen LogP contribution in [0.25, 0.3) is 0 Å². The van der Waals surface area contributed by atoms with E-state index in [4.69, 9.17) is 4.74 Å². The summed E-state index contributed by atoms with van der Waals surface area (Å²) in [6.45, 7) is 9.75. The molecule has 0 bridgehead atoms. The zero-order valence-electron chi connectivity index (χ0n) is 13.5. The van der Waals surface area contributed by atoms with Crippen molar-refractivity contribution >= 4 is 17.7 Å². The lowest BCUT2D eigenvalue weighted by Gasteiger charge is -2.26. The Balaban J connectivity index is 2.58. The van der Waals surface area contributed by atoms with E-state index < -0.39 is 11.4 Å². The number of ketones is 1. The third-order valence-corrected chi connectivity index (χ3v) is 3.88. The maximum atomic E-state index is 12.4. The monoisotopic (exact) mass is 298 g/mol. The van der Waals surface area contributed by atoms with E-state index in [9.17, 15) is 14.4 Å². The van der Waals surface area contributed by atoms with Gasteiger partial charge in [-0.25, -0.2) is 0 Å². The van der Waals surface area contributed by atoms with Gasteiger partial charge in [0.05, 0.1) is 13.2 Å². The van der Waals surface area contributed by atoms with Gasteiger partial charge in [-0.3, -0.25) is 19.3 Å². The van der Waals surface area contributed by atoms with Crippen molar-refractivity contribution in [2.24, 2.45) is 5.41 Å². The van der Waals surface area contributed by atoms with Crippen LogP contribution in [0.2, 0.25) is 0 Å². The number of carbonyl (C=O) groups excluding carboxylic acids is 3. The number of nitrogens with zero attached hydrogens (tertiary/aromatic N) is 2. The minimum atomic E-state index is -1.12. The molecule has 1 aliphatic rings. The normalized spacial score (nSPS) is 17.2. The third kappa shape index (κ3) is 4.81. The Kier molecular flexibility index (Phi) is 6.33. The summed E-state index contributed by atoms with van der Waals surface area (Å²) in [6, 6.07) is 0. The van der Waals surface area contributed by atoms with Crippen LogP contribution >= 0.6 is 0 Å². The van der Waals surface area contributed by atoms with Gasteiger partial charge in [-0.2, -0.15) is 0 Å². The number of rotatable bonds is 5. The Hall–Kier alpha value is -1.43. The quantitative estimate of drug-likeness (QED) is 0.552. The highest BCUT2D eigenvalue weighted by molar-refractivity contribution is 6.03. The molecule has 0 aromatic carbocycles. The van der Waals surface area contributed by atoms with Crippen molar-refractivity contribution in [1.29, 1.82) is 0 Å². The average Bonchev–Trinajstić information content (AvgIpc) is 2.64. The highest BCUT2D eigenvalue weighted by atomic mass is 16.5. The van der Waals surface area contributed by atoms with Gasteiger partial charge in [0.1, 0.15) is 5.41 Å². The topological polar surface area (TPSA) is 66.9 Å². The first-order chi connectivity index (χ1) is 9.78. The number of hydrogen-bond donors (Lipinski definition) is 0. The molecular weight excluding hydrogens is 272 g/mol. The van der Waals surface area contributed by atoms with Crippen molar-refractivity contribution in [3.63, 3.8) is 0 Å². The third-order valence-electron chi connectivity index (χ3n) is 3.88. The Morgan fingerprint density at radius 3 is 2.33 bits per heavy atom. The fraction of sp³-hybridized carbons (Fsp3) is 0.800. The van der Waals surface area contributed by atoms with E-state index in [1.165, 1.54) is 0 Å². The van der Waals surface area contributed by atoms with Gasteiger partial charge in [0, 0.05) is 33.1 Å². The molecule has 1 rings (SSSR count). The van der Waals surface area contributed by atoms with Crippen LogP contribution in [-0.2, 0) is 19.1 Å². The summed E-state index contributed by atoms with van der Waals surface area (Å²) < 4.78 is 4.96.